The van der Waals surface area contributed by atoms with Crippen LogP contribution in [0.3, 0.4) is 0 Å². The third-order valence-corrected chi connectivity index (χ3v) is 3.83. The fourth-order valence-electron chi connectivity index (χ4n) is 2.48. The zero-order valence-electron chi connectivity index (χ0n) is 12.0. The van der Waals surface area contributed by atoms with Crippen molar-refractivity contribution in [3.05, 3.63) is 23.8 Å². The van der Waals surface area contributed by atoms with Crippen molar-refractivity contribution < 1.29 is 40.1 Å². The maximum atomic E-state index is 10.0. The molecule has 0 amide bonds. The summed E-state index contributed by atoms with van der Waals surface area (Å²) in [6.07, 6.45) is -7.57. The lowest BCUT2D eigenvalue weighted by atomic mass is 9.93. The molecule has 8 atom stereocenters. The van der Waals surface area contributed by atoms with Crippen LogP contribution in [-0.4, -0.2) is 86.3 Å². The van der Waals surface area contributed by atoms with Crippen LogP contribution in [0.2, 0.25) is 0 Å². The van der Waals surface area contributed by atoms with Crippen molar-refractivity contribution in [3.63, 3.8) is 0 Å². The van der Waals surface area contributed by atoms with Gasteiger partial charge in [0.2, 0.25) is 0 Å². The van der Waals surface area contributed by atoms with E-state index in [1.54, 1.807) is 6.07 Å². The van der Waals surface area contributed by atoms with Gasteiger partial charge in [0.1, 0.15) is 42.7 Å². The van der Waals surface area contributed by atoms with Gasteiger partial charge in [-0.15, -0.1) is 0 Å². The molecule has 2 rings (SSSR count). The number of aliphatic hydroxyl groups excluding tert-OH is 6. The van der Waals surface area contributed by atoms with Crippen LogP contribution in [0.4, 0.5) is 0 Å². The SMILES string of the molecule is N#C/C=C1\C=C[C@H](O)[C@@H](O)[C@H]1O[C@H]1O[C@@H](CO)[C@H](O)[C@@H](O)[C@@H]1O. The molecule has 6 N–H and O–H groups in total. The van der Waals surface area contributed by atoms with E-state index in [9.17, 15) is 25.5 Å². The third kappa shape index (κ3) is 3.60. The Hall–Kier alpha value is -1.35. The lowest BCUT2D eigenvalue weighted by molar-refractivity contribution is -0.314. The van der Waals surface area contributed by atoms with Crippen LogP contribution in [-0.2, 0) is 9.47 Å². The van der Waals surface area contributed by atoms with Gasteiger partial charge in [0, 0.05) is 6.08 Å². The van der Waals surface area contributed by atoms with Gasteiger partial charge in [0.25, 0.3) is 0 Å². The number of aliphatic hydroxyl groups is 6. The summed E-state index contributed by atoms with van der Waals surface area (Å²) < 4.78 is 10.6. The van der Waals surface area contributed by atoms with Crippen LogP contribution in [0.15, 0.2) is 23.8 Å². The molecule has 1 aliphatic heterocycles. The quantitative estimate of drug-likeness (QED) is 0.294. The molecule has 2 aliphatic rings. The molecule has 1 heterocycles. The van der Waals surface area contributed by atoms with E-state index in [0.717, 1.165) is 6.08 Å². The monoisotopic (exact) mass is 329 g/mol. The minimum absolute atomic E-state index is 0.238. The minimum atomic E-state index is -1.65. The Morgan fingerprint density at radius 3 is 2.43 bits per heavy atom. The van der Waals surface area contributed by atoms with Crippen LogP contribution in [0.5, 0.6) is 0 Å². The maximum absolute atomic E-state index is 10.0. The summed E-state index contributed by atoms with van der Waals surface area (Å²) >= 11 is 0. The predicted molar refractivity (Wildman–Crippen MR) is 73.5 cm³/mol. The molecule has 0 aromatic carbocycles. The highest BCUT2D eigenvalue weighted by Crippen LogP contribution is 2.28. The highest BCUT2D eigenvalue weighted by Gasteiger charge is 2.46. The van der Waals surface area contributed by atoms with Gasteiger partial charge in [-0.3, -0.25) is 0 Å². The van der Waals surface area contributed by atoms with Gasteiger partial charge in [-0.05, 0) is 5.57 Å². The van der Waals surface area contributed by atoms with Gasteiger partial charge >= 0.3 is 0 Å². The van der Waals surface area contributed by atoms with Crippen molar-refractivity contribution in [1.29, 1.82) is 5.26 Å². The molecule has 0 saturated carbocycles. The first-order chi connectivity index (χ1) is 10.9. The van der Waals surface area contributed by atoms with Crippen molar-refractivity contribution >= 4 is 0 Å². The molecule has 0 unspecified atom stereocenters. The smallest absolute Gasteiger partial charge is 0.187 e. The Balaban J connectivity index is 2.20. The second kappa shape index (κ2) is 7.48. The summed E-state index contributed by atoms with van der Waals surface area (Å²) in [5.41, 5.74) is 0.238. The van der Waals surface area contributed by atoms with Crippen LogP contribution >= 0.6 is 0 Å². The molecule has 23 heavy (non-hydrogen) atoms. The molecule has 1 aliphatic carbocycles. The Morgan fingerprint density at radius 1 is 1.13 bits per heavy atom. The molecular weight excluding hydrogens is 310 g/mol. The zero-order valence-corrected chi connectivity index (χ0v) is 12.0. The van der Waals surface area contributed by atoms with Crippen molar-refractivity contribution in [2.24, 2.45) is 0 Å². The molecule has 128 valence electrons. The first kappa shape index (κ1) is 18.0. The van der Waals surface area contributed by atoms with Gasteiger partial charge in [0.15, 0.2) is 6.29 Å². The zero-order chi connectivity index (χ0) is 17.1. The highest BCUT2D eigenvalue weighted by molar-refractivity contribution is 5.34. The summed E-state index contributed by atoms with van der Waals surface area (Å²) in [6.45, 7) is -0.624. The minimum Gasteiger partial charge on any atom is -0.394 e. The molecular formula is C14H19NO8. The molecule has 0 aromatic heterocycles. The van der Waals surface area contributed by atoms with E-state index in [2.05, 4.69) is 0 Å². The summed E-state index contributed by atoms with van der Waals surface area (Å²) in [6, 6.07) is 1.77. The van der Waals surface area contributed by atoms with Crippen LogP contribution in [0.25, 0.3) is 0 Å². The Morgan fingerprint density at radius 2 is 1.83 bits per heavy atom. The number of nitrogens with zero attached hydrogens (tertiary/aromatic N) is 1. The summed E-state index contributed by atoms with van der Waals surface area (Å²) in [5.74, 6) is 0. The molecule has 1 fully saturated rings. The number of allylic oxidation sites excluding steroid dienone is 1. The van der Waals surface area contributed by atoms with Crippen LogP contribution in [0, 0.1) is 11.3 Å². The fraction of sp³-hybridized carbons (Fsp3) is 0.643. The van der Waals surface area contributed by atoms with Crippen LogP contribution < -0.4 is 0 Å². The molecule has 0 bridgehead atoms. The van der Waals surface area contributed by atoms with Gasteiger partial charge in [-0.2, -0.15) is 5.26 Å². The number of ether oxygens (including phenoxy) is 2. The summed E-state index contributed by atoms with van der Waals surface area (Å²) in [4.78, 5) is 0. The van der Waals surface area contributed by atoms with Crippen molar-refractivity contribution in [1.82, 2.24) is 0 Å². The van der Waals surface area contributed by atoms with Gasteiger partial charge < -0.3 is 40.1 Å². The molecule has 1 saturated heterocycles. The second-order valence-corrected chi connectivity index (χ2v) is 5.37. The van der Waals surface area contributed by atoms with E-state index in [4.69, 9.17) is 19.8 Å². The fourth-order valence-corrected chi connectivity index (χ4v) is 2.48. The Labute approximate surface area is 131 Å². The van der Waals surface area contributed by atoms with E-state index in [1.807, 2.05) is 0 Å². The third-order valence-electron chi connectivity index (χ3n) is 3.83. The normalized spacial score (nSPS) is 45.9. The van der Waals surface area contributed by atoms with Crippen molar-refractivity contribution in [2.45, 2.75) is 49.0 Å². The largest absolute Gasteiger partial charge is 0.394 e. The lowest BCUT2D eigenvalue weighted by Gasteiger charge is -2.42. The van der Waals surface area contributed by atoms with Crippen molar-refractivity contribution in [3.8, 4) is 6.07 Å². The summed E-state index contributed by atoms with van der Waals surface area (Å²) in [5, 5.41) is 66.9. The first-order valence-corrected chi connectivity index (χ1v) is 7.00. The molecule has 9 nitrogen and oxygen atoms in total. The highest BCUT2D eigenvalue weighted by atomic mass is 16.7. The molecule has 0 spiro atoms. The average Bonchev–Trinajstić information content (AvgIpc) is 2.54. The predicted octanol–water partition coefficient (Wildman–Crippen LogP) is -3.09. The molecule has 0 aromatic rings. The summed E-state index contributed by atoms with van der Waals surface area (Å²) in [7, 11) is 0. The number of rotatable bonds is 3. The van der Waals surface area contributed by atoms with Crippen LogP contribution in [0.1, 0.15) is 0 Å². The molecule has 9 heteroatoms. The standard InChI is InChI=1S/C14H19NO8/c15-4-3-6-1-2-7(17)9(18)13(6)23-14-12(21)11(20)10(19)8(5-16)22-14/h1-3,7-14,16-21H,5H2/b6-3+/t7-,8-,9+,10-,11+,12-,13-,14+/m0/s1. The maximum Gasteiger partial charge on any atom is 0.187 e. The van der Waals surface area contributed by atoms with E-state index in [1.165, 1.54) is 12.2 Å². The van der Waals surface area contributed by atoms with Crippen molar-refractivity contribution in [2.75, 3.05) is 6.61 Å². The Bertz CT molecular complexity index is 513. The lowest BCUT2D eigenvalue weighted by Crippen LogP contribution is -2.60. The van der Waals surface area contributed by atoms with E-state index < -0.39 is 55.6 Å². The number of nitriles is 1. The first-order valence-electron chi connectivity index (χ1n) is 7.00. The van der Waals surface area contributed by atoms with E-state index in [-0.39, 0.29) is 5.57 Å². The van der Waals surface area contributed by atoms with E-state index in [0.29, 0.717) is 0 Å². The van der Waals surface area contributed by atoms with Gasteiger partial charge in [0.05, 0.1) is 12.7 Å². The molecule has 0 radical (unpaired) electrons. The number of hydrogen-bond acceptors (Lipinski definition) is 9. The van der Waals surface area contributed by atoms with Gasteiger partial charge in [-0.1, -0.05) is 12.2 Å². The number of hydrogen-bond donors (Lipinski definition) is 6. The second-order valence-electron chi connectivity index (χ2n) is 5.37. The topological polar surface area (TPSA) is 164 Å². The van der Waals surface area contributed by atoms with E-state index >= 15 is 0 Å². The van der Waals surface area contributed by atoms with Gasteiger partial charge in [-0.25, -0.2) is 0 Å². The average molecular weight is 329 g/mol. The Kier molecular flexibility index (Phi) is 5.85.